The molecule has 2 aliphatic heterocycles. The van der Waals surface area contributed by atoms with Crippen molar-refractivity contribution in [1.82, 2.24) is 4.98 Å². The van der Waals surface area contributed by atoms with Crippen molar-refractivity contribution in [3.63, 3.8) is 0 Å². The molecule has 4 aromatic rings. The van der Waals surface area contributed by atoms with E-state index >= 15 is 0 Å². The van der Waals surface area contributed by atoms with Crippen LogP contribution in [0.15, 0.2) is 72.3 Å². The molecule has 1 amide bonds. The van der Waals surface area contributed by atoms with Crippen LogP contribution < -0.4 is 9.64 Å². The molecule has 1 saturated heterocycles. The van der Waals surface area contributed by atoms with Crippen LogP contribution in [0.2, 0.25) is 0 Å². The van der Waals surface area contributed by atoms with Crippen LogP contribution in [0.25, 0.3) is 16.7 Å². The fourth-order valence-corrected chi connectivity index (χ4v) is 5.64. The zero-order chi connectivity index (χ0) is 25.8. The Kier molecular flexibility index (Phi) is 5.41. The number of aromatic amines is 1. The van der Waals surface area contributed by atoms with Gasteiger partial charge in [0.2, 0.25) is 0 Å². The summed E-state index contributed by atoms with van der Waals surface area (Å²) in [6.07, 6.45) is 1.64. The average Bonchev–Trinajstić information content (AvgIpc) is 3.52. The van der Waals surface area contributed by atoms with E-state index in [9.17, 15) is 14.7 Å². The van der Waals surface area contributed by atoms with Gasteiger partial charge in [0.25, 0.3) is 11.7 Å². The summed E-state index contributed by atoms with van der Waals surface area (Å²) >= 11 is 0. The van der Waals surface area contributed by atoms with Gasteiger partial charge in [0.1, 0.15) is 17.6 Å². The van der Waals surface area contributed by atoms with Gasteiger partial charge in [0.15, 0.2) is 0 Å². The van der Waals surface area contributed by atoms with E-state index in [0.717, 1.165) is 51.9 Å². The highest BCUT2D eigenvalue weighted by Gasteiger charge is 2.48. The van der Waals surface area contributed by atoms with Crippen molar-refractivity contribution in [2.24, 2.45) is 0 Å². The summed E-state index contributed by atoms with van der Waals surface area (Å²) in [6.45, 7) is 6.00. The first kappa shape index (κ1) is 23.1. The minimum atomic E-state index is -0.785. The molecular weight excluding hydrogens is 464 g/mol. The molecule has 0 aliphatic carbocycles. The standard InChI is InChI=1S/C31H28N2O4/c1-4-19-9-12-22(13-10-19)33-28(26-18(3)32-24-8-6-5-7-23(24)26)27(30(35)31(33)36)29(34)20-11-14-25-21(16-20)15-17(2)37-25/h5-14,16-17,28,32,34H,4,15H2,1-3H3/b29-27+. The van der Waals surface area contributed by atoms with E-state index in [1.165, 1.54) is 4.90 Å². The third-order valence-electron chi connectivity index (χ3n) is 7.45. The minimum Gasteiger partial charge on any atom is -0.507 e. The predicted molar refractivity (Wildman–Crippen MR) is 144 cm³/mol. The molecule has 0 bridgehead atoms. The molecule has 3 heterocycles. The van der Waals surface area contributed by atoms with Crippen molar-refractivity contribution in [2.75, 3.05) is 4.90 Å². The lowest BCUT2D eigenvalue weighted by Gasteiger charge is -2.26. The number of aliphatic hydroxyl groups excluding tert-OH is 1. The van der Waals surface area contributed by atoms with Gasteiger partial charge in [-0.3, -0.25) is 14.5 Å². The molecule has 6 nitrogen and oxygen atoms in total. The zero-order valence-electron chi connectivity index (χ0n) is 21.0. The number of hydrogen-bond acceptors (Lipinski definition) is 4. The number of Topliss-reactive ketones (excluding diaryl/α,β-unsaturated/α-hetero) is 1. The maximum absolute atomic E-state index is 13.6. The Morgan fingerprint density at radius 2 is 1.84 bits per heavy atom. The number of carbonyl (C=O) groups excluding carboxylic acids is 2. The highest BCUT2D eigenvalue weighted by molar-refractivity contribution is 6.52. The molecule has 37 heavy (non-hydrogen) atoms. The number of para-hydroxylation sites is 1. The fourth-order valence-electron chi connectivity index (χ4n) is 5.64. The number of nitrogens with zero attached hydrogens (tertiary/aromatic N) is 1. The molecule has 1 fully saturated rings. The summed E-state index contributed by atoms with van der Waals surface area (Å²) in [5.41, 5.74) is 5.85. The molecule has 2 N–H and O–H groups in total. The third kappa shape index (κ3) is 3.63. The highest BCUT2D eigenvalue weighted by Crippen LogP contribution is 2.46. The van der Waals surface area contributed by atoms with Crippen molar-refractivity contribution in [2.45, 2.75) is 45.8 Å². The lowest BCUT2D eigenvalue weighted by molar-refractivity contribution is -0.132. The fraction of sp³-hybridized carbons (Fsp3) is 0.226. The Hall–Kier alpha value is -4.32. The van der Waals surface area contributed by atoms with E-state index in [1.807, 2.05) is 74.5 Å². The van der Waals surface area contributed by atoms with Crippen LogP contribution in [0.4, 0.5) is 5.69 Å². The van der Waals surface area contributed by atoms with E-state index in [2.05, 4.69) is 11.9 Å². The molecule has 186 valence electrons. The van der Waals surface area contributed by atoms with E-state index in [-0.39, 0.29) is 17.4 Å². The van der Waals surface area contributed by atoms with E-state index < -0.39 is 17.7 Å². The zero-order valence-corrected chi connectivity index (χ0v) is 21.0. The van der Waals surface area contributed by atoms with E-state index in [1.54, 1.807) is 6.07 Å². The Bertz CT molecular complexity index is 1600. The molecule has 1 aromatic heterocycles. The summed E-state index contributed by atoms with van der Waals surface area (Å²) in [6, 6.07) is 20.1. The maximum atomic E-state index is 13.6. The number of ether oxygens (including phenoxy) is 1. The molecule has 2 aliphatic rings. The highest BCUT2D eigenvalue weighted by atomic mass is 16.5. The number of fused-ring (bicyclic) bond motifs is 2. The Labute approximate surface area is 215 Å². The van der Waals surface area contributed by atoms with E-state index in [0.29, 0.717) is 11.3 Å². The maximum Gasteiger partial charge on any atom is 0.300 e. The largest absolute Gasteiger partial charge is 0.507 e. The number of aliphatic hydroxyl groups is 1. The smallest absolute Gasteiger partial charge is 0.300 e. The van der Waals surface area contributed by atoms with Gasteiger partial charge in [-0.2, -0.15) is 0 Å². The van der Waals surface area contributed by atoms with Crippen LogP contribution in [0, 0.1) is 6.92 Å². The molecule has 0 saturated carbocycles. The number of aryl methyl sites for hydroxylation is 2. The number of amides is 1. The van der Waals surface area contributed by atoms with Gasteiger partial charge in [-0.25, -0.2) is 0 Å². The van der Waals surface area contributed by atoms with Crippen LogP contribution in [0.5, 0.6) is 5.75 Å². The van der Waals surface area contributed by atoms with Crippen molar-refractivity contribution in [3.8, 4) is 5.75 Å². The van der Waals surface area contributed by atoms with Gasteiger partial charge in [-0.15, -0.1) is 0 Å². The Morgan fingerprint density at radius 3 is 2.59 bits per heavy atom. The number of hydrogen-bond donors (Lipinski definition) is 2. The SMILES string of the molecule is CCc1ccc(N2C(=O)C(=O)/C(=C(/O)c3ccc4c(c3)CC(C)O4)C2c2c(C)[nH]c3ccccc23)cc1. The second kappa shape index (κ2) is 8.66. The van der Waals surface area contributed by atoms with Gasteiger partial charge < -0.3 is 14.8 Å². The second-order valence-electron chi connectivity index (χ2n) is 9.85. The number of carbonyl (C=O) groups is 2. The second-order valence-corrected chi connectivity index (χ2v) is 9.85. The molecular formula is C31H28N2O4. The van der Waals surface area contributed by atoms with Crippen molar-refractivity contribution in [3.05, 3.63) is 100 Å². The number of nitrogens with one attached hydrogen (secondary N) is 1. The topological polar surface area (TPSA) is 82.6 Å². The van der Waals surface area contributed by atoms with Gasteiger partial charge >= 0.3 is 0 Å². The molecule has 0 radical (unpaired) electrons. The molecule has 2 unspecified atom stereocenters. The number of ketones is 1. The van der Waals surface area contributed by atoms with Crippen molar-refractivity contribution >= 4 is 34.0 Å². The minimum absolute atomic E-state index is 0.0536. The van der Waals surface area contributed by atoms with Crippen LogP contribution in [0.1, 0.15) is 47.8 Å². The predicted octanol–water partition coefficient (Wildman–Crippen LogP) is 5.99. The summed E-state index contributed by atoms with van der Waals surface area (Å²) in [7, 11) is 0. The van der Waals surface area contributed by atoms with Gasteiger partial charge in [-0.05, 0) is 67.8 Å². The van der Waals surface area contributed by atoms with E-state index in [4.69, 9.17) is 4.74 Å². The molecule has 3 aromatic carbocycles. The number of H-pyrrole nitrogens is 1. The normalized spacial score (nSPS) is 20.5. The summed E-state index contributed by atoms with van der Waals surface area (Å²) in [5, 5.41) is 12.5. The van der Waals surface area contributed by atoms with Crippen LogP contribution in [-0.2, 0) is 22.4 Å². The number of aromatic nitrogens is 1. The first-order chi connectivity index (χ1) is 17.9. The van der Waals surface area contributed by atoms with Crippen molar-refractivity contribution < 1.29 is 19.4 Å². The lowest BCUT2D eigenvalue weighted by Crippen LogP contribution is -2.29. The van der Waals surface area contributed by atoms with Crippen molar-refractivity contribution in [1.29, 1.82) is 0 Å². The molecule has 2 atom stereocenters. The molecule has 6 heteroatoms. The van der Waals surface area contributed by atoms with Gasteiger partial charge in [-0.1, -0.05) is 37.3 Å². The number of anilines is 1. The Balaban J connectivity index is 1.59. The van der Waals surface area contributed by atoms with Crippen LogP contribution >= 0.6 is 0 Å². The monoisotopic (exact) mass is 492 g/mol. The third-order valence-corrected chi connectivity index (χ3v) is 7.45. The first-order valence-electron chi connectivity index (χ1n) is 12.6. The number of benzene rings is 3. The average molecular weight is 493 g/mol. The quantitative estimate of drug-likeness (QED) is 0.208. The number of rotatable bonds is 4. The van der Waals surface area contributed by atoms with Crippen LogP contribution in [-0.4, -0.2) is 27.9 Å². The van der Waals surface area contributed by atoms with Gasteiger partial charge in [0.05, 0.1) is 11.6 Å². The molecule has 6 rings (SSSR count). The molecule has 0 spiro atoms. The Morgan fingerprint density at radius 1 is 1.08 bits per heavy atom. The summed E-state index contributed by atoms with van der Waals surface area (Å²) in [4.78, 5) is 32.1. The van der Waals surface area contributed by atoms with Crippen LogP contribution in [0.3, 0.4) is 0 Å². The summed E-state index contributed by atoms with van der Waals surface area (Å²) < 4.78 is 5.81. The summed E-state index contributed by atoms with van der Waals surface area (Å²) in [5.74, 6) is -0.747. The van der Waals surface area contributed by atoms with Gasteiger partial charge in [0, 0.05) is 39.8 Å². The first-order valence-corrected chi connectivity index (χ1v) is 12.6. The lowest BCUT2D eigenvalue weighted by atomic mass is 9.92.